The van der Waals surface area contributed by atoms with Gasteiger partial charge in [0.1, 0.15) is 11.9 Å². The highest BCUT2D eigenvalue weighted by Crippen LogP contribution is 2.29. The average molecular weight is 389 g/mol. The Bertz CT molecular complexity index is 889. The van der Waals surface area contributed by atoms with Gasteiger partial charge in [-0.05, 0) is 30.3 Å². The molecule has 0 bridgehead atoms. The summed E-state index contributed by atoms with van der Waals surface area (Å²) in [5.74, 6) is 10.9. The van der Waals surface area contributed by atoms with Crippen LogP contribution in [0.25, 0.3) is 11.1 Å². The number of aliphatic imine (C=N–C) groups is 1. The first-order valence-corrected chi connectivity index (χ1v) is 8.31. The Hall–Kier alpha value is -3.28. The van der Waals surface area contributed by atoms with Crippen LogP contribution >= 0.6 is 0 Å². The number of carbonyl (C=O) groups is 1. The monoisotopic (exact) mass is 389 g/mol. The molecular weight excluding hydrogens is 369 g/mol. The van der Waals surface area contributed by atoms with Crippen molar-refractivity contribution in [2.24, 2.45) is 16.7 Å². The van der Waals surface area contributed by atoms with Gasteiger partial charge in [-0.2, -0.15) is 4.99 Å². The summed E-state index contributed by atoms with van der Waals surface area (Å²) in [5.41, 5.74) is 3.53. The summed E-state index contributed by atoms with van der Waals surface area (Å²) in [5, 5.41) is 10.3. The number of pyridine rings is 1. The van der Waals surface area contributed by atoms with E-state index in [2.05, 4.69) is 15.4 Å². The van der Waals surface area contributed by atoms with Crippen LogP contribution in [0, 0.1) is 5.82 Å². The summed E-state index contributed by atoms with van der Waals surface area (Å²) in [7, 11) is 1.56. The molecule has 1 aliphatic heterocycles. The van der Waals surface area contributed by atoms with Crippen LogP contribution in [0.5, 0.6) is 0 Å². The Morgan fingerprint density at radius 2 is 2.29 bits per heavy atom. The number of hydrazine groups is 2. The van der Waals surface area contributed by atoms with Crippen molar-refractivity contribution in [3.8, 4) is 11.1 Å². The molecule has 11 heteroatoms. The van der Waals surface area contributed by atoms with E-state index in [1.165, 1.54) is 22.2 Å². The molecule has 1 fully saturated rings. The third kappa shape index (κ3) is 4.01. The molecule has 28 heavy (non-hydrogen) atoms. The number of guanidine groups is 1. The minimum Gasteiger partial charge on any atom is -0.441 e. The van der Waals surface area contributed by atoms with Crippen molar-refractivity contribution in [1.82, 2.24) is 15.4 Å². The number of hydrogen-bond acceptors (Lipinski definition) is 7. The van der Waals surface area contributed by atoms with Crippen LogP contribution in [0.3, 0.4) is 0 Å². The van der Waals surface area contributed by atoms with Crippen LogP contribution in [0.2, 0.25) is 0 Å². The number of amides is 1. The lowest BCUT2D eigenvalue weighted by Gasteiger charge is -2.14. The van der Waals surface area contributed by atoms with Crippen LogP contribution in [-0.4, -0.2) is 53.5 Å². The molecule has 0 radical (unpaired) electrons. The highest BCUT2D eigenvalue weighted by molar-refractivity contribution is 5.90. The van der Waals surface area contributed by atoms with Gasteiger partial charge in [0.05, 0.1) is 18.8 Å². The van der Waals surface area contributed by atoms with Gasteiger partial charge in [0.15, 0.2) is 5.82 Å². The quantitative estimate of drug-likeness (QED) is 0.256. The smallest absolute Gasteiger partial charge is 0.414 e. The van der Waals surface area contributed by atoms with E-state index in [1.807, 2.05) is 0 Å². The van der Waals surface area contributed by atoms with Crippen molar-refractivity contribution in [1.29, 1.82) is 0 Å². The fourth-order valence-electron chi connectivity index (χ4n) is 2.67. The molecule has 0 saturated carbocycles. The maximum Gasteiger partial charge on any atom is 0.414 e. The first-order chi connectivity index (χ1) is 13.4. The molecule has 148 valence electrons. The predicted molar refractivity (Wildman–Crippen MR) is 101 cm³/mol. The summed E-state index contributed by atoms with van der Waals surface area (Å²) >= 11 is 0. The van der Waals surface area contributed by atoms with E-state index in [4.69, 9.17) is 21.5 Å². The number of rotatable bonds is 4. The third-order valence-electron chi connectivity index (χ3n) is 4.08. The van der Waals surface area contributed by atoms with E-state index in [0.29, 0.717) is 22.6 Å². The molecule has 6 N–H and O–H groups in total. The molecule has 1 saturated heterocycles. The fraction of sp³-hybridized carbons (Fsp3) is 0.235. The number of aromatic nitrogens is 1. The second-order valence-electron chi connectivity index (χ2n) is 6.06. The van der Waals surface area contributed by atoms with Gasteiger partial charge in [0.2, 0.25) is 5.96 Å². The molecule has 1 atom stereocenters. The molecule has 1 aromatic heterocycles. The number of aliphatic hydroxyl groups excluding tert-OH is 1. The number of nitrogens with one attached hydrogen (secondary N) is 1. The molecule has 1 aromatic carbocycles. The van der Waals surface area contributed by atoms with E-state index in [1.54, 1.807) is 31.3 Å². The number of nitrogens with two attached hydrogens (primary N) is 2. The summed E-state index contributed by atoms with van der Waals surface area (Å²) in [4.78, 5) is 21.4. The molecule has 2 heterocycles. The van der Waals surface area contributed by atoms with Gasteiger partial charge in [-0.15, -0.1) is 0 Å². The van der Waals surface area contributed by atoms with Crippen molar-refractivity contribution in [2.45, 2.75) is 6.10 Å². The van der Waals surface area contributed by atoms with E-state index in [0.717, 1.165) is 0 Å². The molecule has 1 amide bonds. The van der Waals surface area contributed by atoms with E-state index in [9.17, 15) is 9.18 Å². The van der Waals surface area contributed by atoms with Crippen molar-refractivity contribution in [2.75, 3.05) is 25.1 Å². The number of hydrogen-bond donors (Lipinski definition) is 4. The normalized spacial score (nSPS) is 16.9. The van der Waals surface area contributed by atoms with Gasteiger partial charge in [0.25, 0.3) is 0 Å². The molecule has 0 spiro atoms. The van der Waals surface area contributed by atoms with Gasteiger partial charge in [0, 0.05) is 24.4 Å². The first kappa shape index (κ1) is 19.5. The molecule has 1 aliphatic rings. The lowest BCUT2D eigenvalue weighted by atomic mass is 10.1. The maximum absolute atomic E-state index is 14.6. The zero-order chi connectivity index (χ0) is 20.3. The van der Waals surface area contributed by atoms with Crippen molar-refractivity contribution < 1.29 is 19.0 Å². The van der Waals surface area contributed by atoms with Crippen molar-refractivity contribution >= 4 is 23.6 Å². The van der Waals surface area contributed by atoms with Crippen LogP contribution in [0.15, 0.2) is 41.5 Å². The standard InChI is InChI=1S/C17H20FN7O3/c1-24(20)16(23-19)22-15-5-2-10(7-21-15)13-4-3-11(6-14(13)18)25-8-12(9-26)28-17(25)27/h2-7,12,26H,8-9,19-20H2,1H3,(H,21,22,23). The maximum atomic E-state index is 14.6. The number of cyclic esters (lactones) is 1. The summed E-state index contributed by atoms with van der Waals surface area (Å²) < 4.78 is 19.6. The number of halogens is 1. The summed E-state index contributed by atoms with van der Waals surface area (Å²) in [6.45, 7) is -0.125. The second-order valence-corrected chi connectivity index (χ2v) is 6.06. The topological polar surface area (TPSA) is 142 Å². The fourth-order valence-corrected chi connectivity index (χ4v) is 2.67. The largest absolute Gasteiger partial charge is 0.441 e. The number of nitrogens with zero attached hydrogens (tertiary/aromatic N) is 4. The van der Waals surface area contributed by atoms with Crippen molar-refractivity contribution in [3.63, 3.8) is 0 Å². The Morgan fingerprint density at radius 3 is 2.82 bits per heavy atom. The zero-order valence-electron chi connectivity index (χ0n) is 15.0. The predicted octanol–water partition coefficient (Wildman–Crippen LogP) is 0.462. The second kappa shape index (κ2) is 8.17. The number of carbonyl (C=O) groups excluding carboxylic acids is 1. The van der Waals surface area contributed by atoms with Gasteiger partial charge < -0.3 is 9.84 Å². The number of benzene rings is 1. The Kier molecular flexibility index (Phi) is 5.68. The summed E-state index contributed by atoms with van der Waals surface area (Å²) in [6, 6.07) is 7.63. The SMILES string of the molecule is CN(N)C(=Nc1ccc(-c2ccc(N3CC(CO)OC3=O)cc2F)cn1)NN. The van der Waals surface area contributed by atoms with E-state index < -0.39 is 18.0 Å². The van der Waals surface area contributed by atoms with E-state index >= 15 is 0 Å². The van der Waals surface area contributed by atoms with Gasteiger partial charge in [-0.3, -0.25) is 15.3 Å². The molecule has 2 aromatic rings. The Labute approximate surface area is 160 Å². The summed E-state index contributed by atoms with van der Waals surface area (Å²) in [6.07, 6.45) is 0.227. The molecule has 1 unspecified atom stereocenters. The highest BCUT2D eigenvalue weighted by Gasteiger charge is 2.32. The van der Waals surface area contributed by atoms with Gasteiger partial charge >= 0.3 is 6.09 Å². The lowest BCUT2D eigenvalue weighted by Crippen LogP contribution is -2.46. The van der Waals surface area contributed by atoms with Crippen LogP contribution in [-0.2, 0) is 4.74 Å². The van der Waals surface area contributed by atoms with E-state index in [-0.39, 0.29) is 19.1 Å². The Morgan fingerprint density at radius 1 is 1.50 bits per heavy atom. The van der Waals surface area contributed by atoms with Crippen LogP contribution in [0.4, 0.5) is 20.7 Å². The van der Waals surface area contributed by atoms with Crippen molar-refractivity contribution in [3.05, 3.63) is 42.3 Å². The number of ether oxygens (including phenoxy) is 1. The third-order valence-corrected chi connectivity index (χ3v) is 4.08. The van der Waals surface area contributed by atoms with Crippen LogP contribution < -0.4 is 22.0 Å². The lowest BCUT2D eigenvalue weighted by molar-refractivity contribution is 0.0963. The zero-order valence-corrected chi connectivity index (χ0v) is 15.0. The van der Waals surface area contributed by atoms with Crippen LogP contribution in [0.1, 0.15) is 0 Å². The number of aliphatic hydroxyl groups is 1. The van der Waals surface area contributed by atoms with Gasteiger partial charge in [-0.25, -0.2) is 25.9 Å². The Balaban J connectivity index is 1.82. The minimum absolute atomic E-state index is 0.162. The average Bonchev–Trinajstić information content (AvgIpc) is 3.07. The molecule has 0 aliphatic carbocycles. The highest BCUT2D eigenvalue weighted by atomic mass is 19.1. The minimum atomic E-state index is -0.621. The van der Waals surface area contributed by atoms with Gasteiger partial charge in [-0.1, -0.05) is 0 Å². The molecule has 10 nitrogen and oxygen atoms in total. The first-order valence-electron chi connectivity index (χ1n) is 8.31. The molecular formula is C17H20FN7O3. The molecule has 3 rings (SSSR count). The number of anilines is 1.